The minimum absolute atomic E-state index is 0. The van der Waals surface area contributed by atoms with Gasteiger partial charge in [0.25, 0.3) is 0 Å². The lowest BCUT2D eigenvalue weighted by atomic mass is 10.0. The Balaban J connectivity index is 0.000000980. The van der Waals surface area contributed by atoms with E-state index in [4.69, 9.17) is 5.11 Å². The Kier molecular flexibility index (Phi) is 3.14. The van der Waals surface area contributed by atoms with E-state index in [1.807, 2.05) is 18.2 Å². The molecule has 0 aliphatic carbocycles. The van der Waals surface area contributed by atoms with Crippen LogP contribution in [0.2, 0.25) is 0 Å². The summed E-state index contributed by atoms with van der Waals surface area (Å²) in [4.78, 5) is 10.8. The number of nitrogens with one attached hydrogen (secondary N) is 1. The summed E-state index contributed by atoms with van der Waals surface area (Å²) in [6, 6.07) is 5.25. The molecule has 1 aliphatic rings. The van der Waals surface area contributed by atoms with Crippen molar-refractivity contribution in [3.63, 3.8) is 0 Å². The maximum absolute atomic E-state index is 10.8. The van der Waals surface area contributed by atoms with E-state index in [2.05, 4.69) is 5.32 Å². The summed E-state index contributed by atoms with van der Waals surface area (Å²) >= 11 is 0. The molecule has 0 bridgehead atoms. The molecule has 0 saturated heterocycles. The average Bonchev–Trinajstić information content (AvgIpc) is 2.17. The van der Waals surface area contributed by atoms with Crippen LogP contribution in [0, 0.1) is 0 Å². The normalized spacial score (nSPS) is 12.3. The second-order valence-corrected chi connectivity index (χ2v) is 2.86. The molecule has 14 heavy (non-hydrogen) atoms. The van der Waals surface area contributed by atoms with Gasteiger partial charge in [-0.15, -0.1) is 12.4 Å². The van der Waals surface area contributed by atoms with Gasteiger partial charge < -0.3 is 10.4 Å². The summed E-state index contributed by atoms with van der Waals surface area (Å²) in [5.41, 5.74) is 1.99. The average molecular weight is 212 g/mol. The van der Waals surface area contributed by atoms with E-state index >= 15 is 0 Å². The minimum atomic E-state index is -0.889. The number of rotatable bonds is 1. The van der Waals surface area contributed by atoms with Gasteiger partial charge in [0.1, 0.15) is 0 Å². The highest BCUT2D eigenvalue weighted by Crippen LogP contribution is 2.24. The highest BCUT2D eigenvalue weighted by atomic mass is 35.5. The van der Waals surface area contributed by atoms with Crippen LogP contribution >= 0.6 is 12.4 Å². The van der Waals surface area contributed by atoms with Gasteiger partial charge in [0, 0.05) is 6.54 Å². The van der Waals surface area contributed by atoms with Gasteiger partial charge in [-0.1, -0.05) is 24.3 Å². The summed E-state index contributed by atoms with van der Waals surface area (Å²) in [5.74, 6) is -0.889. The number of benzene rings is 1. The maximum Gasteiger partial charge on any atom is 0.337 e. The molecule has 2 rings (SSSR count). The van der Waals surface area contributed by atoms with Crippen LogP contribution in [-0.2, 0) is 0 Å². The summed E-state index contributed by atoms with van der Waals surface area (Å²) < 4.78 is 0. The zero-order valence-corrected chi connectivity index (χ0v) is 8.17. The van der Waals surface area contributed by atoms with Crippen LogP contribution in [0.3, 0.4) is 0 Å². The van der Waals surface area contributed by atoms with Crippen LogP contribution in [0.5, 0.6) is 0 Å². The standard InChI is InChI=1S/C10H9NO2.ClH/c12-10(13)8-5-1-3-7-4-2-6-11-9(7)8;/h1-5,11H,6H2,(H,12,13);1H. The lowest BCUT2D eigenvalue weighted by Gasteiger charge is -2.14. The van der Waals surface area contributed by atoms with E-state index < -0.39 is 5.97 Å². The number of hydrogen-bond donors (Lipinski definition) is 2. The van der Waals surface area contributed by atoms with E-state index in [9.17, 15) is 4.79 Å². The first-order valence-corrected chi connectivity index (χ1v) is 4.06. The summed E-state index contributed by atoms with van der Waals surface area (Å²) in [6.07, 6.45) is 3.90. The van der Waals surface area contributed by atoms with E-state index in [0.29, 0.717) is 12.1 Å². The number of carboxylic acid groups (broad SMARTS) is 1. The van der Waals surface area contributed by atoms with Gasteiger partial charge in [-0.2, -0.15) is 0 Å². The molecule has 1 heterocycles. The fourth-order valence-corrected chi connectivity index (χ4v) is 1.43. The first-order chi connectivity index (χ1) is 6.29. The van der Waals surface area contributed by atoms with Gasteiger partial charge in [0.05, 0.1) is 11.3 Å². The third kappa shape index (κ3) is 1.72. The molecule has 0 fully saturated rings. The van der Waals surface area contributed by atoms with Crippen molar-refractivity contribution in [3.8, 4) is 0 Å². The van der Waals surface area contributed by atoms with E-state index in [1.165, 1.54) is 0 Å². The second-order valence-electron chi connectivity index (χ2n) is 2.86. The summed E-state index contributed by atoms with van der Waals surface area (Å²) in [7, 11) is 0. The largest absolute Gasteiger partial charge is 0.478 e. The Hall–Kier alpha value is -1.48. The monoisotopic (exact) mass is 211 g/mol. The molecule has 74 valence electrons. The highest BCUT2D eigenvalue weighted by Gasteiger charge is 2.13. The topological polar surface area (TPSA) is 49.3 Å². The molecule has 1 aromatic rings. The van der Waals surface area contributed by atoms with Crippen LogP contribution in [0.4, 0.5) is 5.69 Å². The lowest BCUT2D eigenvalue weighted by Crippen LogP contribution is -2.10. The van der Waals surface area contributed by atoms with Crippen molar-refractivity contribution < 1.29 is 9.90 Å². The molecular weight excluding hydrogens is 202 g/mol. The van der Waals surface area contributed by atoms with Crippen LogP contribution in [0.15, 0.2) is 24.3 Å². The van der Waals surface area contributed by atoms with Crippen molar-refractivity contribution >= 4 is 30.1 Å². The van der Waals surface area contributed by atoms with E-state index in [-0.39, 0.29) is 12.4 Å². The number of anilines is 1. The Labute approximate surface area is 87.9 Å². The maximum atomic E-state index is 10.8. The van der Waals surface area contributed by atoms with Gasteiger partial charge in [-0.05, 0) is 11.6 Å². The number of carboxylic acids is 1. The molecule has 2 N–H and O–H groups in total. The third-order valence-corrected chi connectivity index (χ3v) is 2.02. The molecule has 4 heteroatoms. The predicted octanol–water partition coefficient (Wildman–Crippen LogP) is 2.25. The van der Waals surface area contributed by atoms with Crippen molar-refractivity contribution in [2.24, 2.45) is 0 Å². The van der Waals surface area contributed by atoms with Gasteiger partial charge in [-0.3, -0.25) is 0 Å². The van der Waals surface area contributed by atoms with Gasteiger partial charge in [0.15, 0.2) is 0 Å². The highest BCUT2D eigenvalue weighted by molar-refractivity contribution is 5.97. The van der Waals surface area contributed by atoms with Crippen molar-refractivity contribution in [1.29, 1.82) is 0 Å². The molecule has 3 nitrogen and oxygen atoms in total. The first kappa shape index (κ1) is 10.6. The molecule has 1 aromatic carbocycles. The minimum Gasteiger partial charge on any atom is -0.478 e. The number of fused-ring (bicyclic) bond motifs is 1. The van der Waals surface area contributed by atoms with Crippen LogP contribution in [-0.4, -0.2) is 17.6 Å². The van der Waals surface area contributed by atoms with Crippen molar-refractivity contribution in [3.05, 3.63) is 35.4 Å². The Morgan fingerprint density at radius 2 is 2.21 bits per heavy atom. The molecule has 0 aromatic heterocycles. The number of carbonyl (C=O) groups is 1. The summed E-state index contributed by atoms with van der Waals surface area (Å²) in [6.45, 7) is 0.692. The molecule has 0 radical (unpaired) electrons. The van der Waals surface area contributed by atoms with Gasteiger partial charge >= 0.3 is 5.97 Å². The SMILES string of the molecule is Cl.O=C(O)c1cccc2c1NCC=C2. The fraction of sp³-hybridized carbons (Fsp3) is 0.100. The lowest BCUT2D eigenvalue weighted by molar-refractivity contribution is 0.0698. The second kappa shape index (κ2) is 4.15. The van der Waals surface area contributed by atoms with Crippen molar-refractivity contribution in [2.75, 3.05) is 11.9 Å². The van der Waals surface area contributed by atoms with Gasteiger partial charge in [0.2, 0.25) is 0 Å². The van der Waals surface area contributed by atoms with E-state index in [1.54, 1.807) is 12.1 Å². The van der Waals surface area contributed by atoms with Gasteiger partial charge in [-0.25, -0.2) is 4.79 Å². The molecule has 0 atom stereocenters. The zero-order valence-electron chi connectivity index (χ0n) is 7.36. The quantitative estimate of drug-likeness (QED) is 0.749. The molecular formula is C10H10ClNO2. The zero-order chi connectivity index (χ0) is 9.26. The number of aromatic carboxylic acids is 1. The smallest absolute Gasteiger partial charge is 0.337 e. The Bertz CT molecular complexity index is 388. The number of halogens is 1. The number of para-hydroxylation sites is 1. The number of hydrogen-bond acceptors (Lipinski definition) is 2. The van der Waals surface area contributed by atoms with E-state index in [0.717, 1.165) is 11.3 Å². The first-order valence-electron chi connectivity index (χ1n) is 4.06. The van der Waals surface area contributed by atoms with Crippen LogP contribution in [0.1, 0.15) is 15.9 Å². The molecule has 1 aliphatic heterocycles. The third-order valence-electron chi connectivity index (χ3n) is 2.02. The molecule has 0 amide bonds. The van der Waals surface area contributed by atoms with Crippen molar-refractivity contribution in [1.82, 2.24) is 0 Å². The fourth-order valence-electron chi connectivity index (χ4n) is 1.43. The Morgan fingerprint density at radius 1 is 1.43 bits per heavy atom. The molecule has 0 spiro atoms. The van der Waals surface area contributed by atoms with Crippen LogP contribution < -0.4 is 5.32 Å². The Morgan fingerprint density at radius 3 is 2.93 bits per heavy atom. The predicted molar refractivity (Wildman–Crippen MR) is 58.2 cm³/mol. The summed E-state index contributed by atoms with van der Waals surface area (Å²) in [5, 5.41) is 11.9. The molecule has 0 saturated carbocycles. The van der Waals surface area contributed by atoms with Crippen LogP contribution in [0.25, 0.3) is 6.08 Å². The van der Waals surface area contributed by atoms with Crippen molar-refractivity contribution in [2.45, 2.75) is 0 Å². The molecule has 0 unspecified atom stereocenters.